The largest absolute Gasteiger partial charge is 0.382 e. The summed E-state index contributed by atoms with van der Waals surface area (Å²) in [7, 11) is 0. The van der Waals surface area contributed by atoms with Gasteiger partial charge in [-0.2, -0.15) is 5.10 Å². The third kappa shape index (κ3) is 2.77. The zero-order valence-corrected chi connectivity index (χ0v) is 10.2. The molecule has 0 atom stereocenters. The first kappa shape index (κ1) is 11.9. The minimum absolute atomic E-state index is 0.592. The molecule has 0 spiro atoms. The van der Waals surface area contributed by atoms with E-state index in [1.165, 1.54) is 0 Å². The first-order valence-electron chi connectivity index (χ1n) is 6.11. The summed E-state index contributed by atoms with van der Waals surface area (Å²) in [5, 5.41) is 5.34. The van der Waals surface area contributed by atoms with Crippen molar-refractivity contribution in [1.29, 1.82) is 0 Å². The maximum Gasteiger partial charge on any atom is 0.153 e. The molecule has 0 aliphatic carbocycles. The fourth-order valence-electron chi connectivity index (χ4n) is 1.82. The number of para-hydroxylation sites is 1. The predicted molar refractivity (Wildman–Crippen MR) is 69.9 cm³/mol. The smallest absolute Gasteiger partial charge is 0.153 e. The molecule has 0 bridgehead atoms. The van der Waals surface area contributed by atoms with Crippen LogP contribution in [0.15, 0.2) is 24.3 Å². The van der Waals surface area contributed by atoms with Gasteiger partial charge in [0.05, 0.1) is 18.7 Å². The molecular weight excluding hydrogens is 214 g/mol. The Bertz CT molecular complexity index is 478. The highest BCUT2D eigenvalue weighted by Crippen LogP contribution is 2.19. The van der Waals surface area contributed by atoms with Crippen molar-refractivity contribution in [2.45, 2.75) is 26.3 Å². The summed E-state index contributed by atoms with van der Waals surface area (Å²) in [6.45, 7) is 4.42. The molecule has 0 aliphatic rings. The average molecular weight is 233 g/mol. The van der Waals surface area contributed by atoms with E-state index in [1.54, 1.807) is 0 Å². The molecule has 4 nitrogen and oxygen atoms in total. The minimum atomic E-state index is 0.592. The monoisotopic (exact) mass is 233 g/mol. The molecule has 0 saturated heterocycles. The topological polar surface area (TPSA) is 53.1 Å². The van der Waals surface area contributed by atoms with Gasteiger partial charge in [-0.1, -0.05) is 25.5 Å². The molecule has 2 N–H and O–H groups in total. The predicted octanol–water partition coefficient (Wildman–Crippen LogP) is 2.44. The van der Waals surface area contributed by atoms with Gasteiger partial charge in [-0.15, -0.1) is 0 Å². The molecule has 4 heteroatoms. The molecule has 0 saturated carbocycles. The van der Waals surface area contributed by atoms with Crippen LogP contribution in [0.1, 0.15) is 19.8 Å². The lowest BCUT2D eigenvalue weighted by atomic mass is 10.2. The Balaban J connectivity index is 1.99. The maximum atomic E-state index is 5.86. The number of nitrogen functional groups attached to an aromatic ring is 1. The molecular formula is C13H19N3O. The Hall–Kier alpha value is -1.55. The number of ether oxygens (including phenoxy) is 1. The number of unbranched alkanes of at least 4 members (excludes halogenated alkanes) is 1. The number of aromatic nitrogens is 2. The summed E-state index contributed by atoms with van der Waals surface area (Å²) in [5.41, 5.74) is 6.93. The quantitative estimate of drug-likeness (QED) is 0.780. The highest BCUT2D eigenvalue weighted by molar-refractivity contribution is 5.88. The van der Waals surface area contributed by atoms with Crippen molar-refractivity contribution in [2.75, 3.05) is 18.9 Å². The van der Waals surface area contributed by atoms with Crippen LogP contribution in [0.2, 0.25) is 0 Å². The van der Waals surface area contributed by atoms with Gasteiger partial charge >= 0.3 is 0 Å². The Kier molecular flexibility index (Phi) is 3.98. The molecule has 17 heavy (non-hydrogen) atoms. The first-order valence-corrected chi connectivity index (χ1v) is 6.11. The fraction of sp³-hybridized carbons (Fsp3) is 0.462. The SMILES string of the molecule is CCCCOCCn1nc(N)c2ccccc21. The molecule has 0 aliphatic heterocycles. The minimum Gasteiger partial charge on any atom is -0.382 e. The van der Waals surface area contributed by atoms with E-state index >= 15 is 0 Å². The van der Waals surface area contributed by atoms with Crippen LogP contribution in [0.25, 0.3) is 10.9 Å². The van der Waals surface area contributed by atoms with Crippen LogP contribution >= 0.6 is 0 Å². The van der Waals surface area contributed by atoms with Crippen molar-refractivity contribution in [3.63, 3.8) is 0 Å². The van der Waals surface area contributed by atoms with E-state index in [4.69, 9.17) is 10.5 Å². The summed E-state index contributed by atoms with van der Waals surface area (Å²) in [6.07, 6.45) is 2.28. The number of anilines is 1. The van der Waals surface area contributed by atoms with Crippen molar-refractivity contribution < 1.29 is 4.74 Å². The number of nitrogens with zero attached hydrogens (tertiary/aromatic N) is 2. The number of fused-ring (bicyclic) bond motifs is 1. The van der Waals surface area contributed by atoms with Crippen molar-refractivity contribution in [2.24, 2.45) is 0 Å². The number of hydrogen-bond donors (Lipinski definition) is 1. The molecule has 1 aromatic carbocycles. The van der Waals surface area contributed by atoms with E-state index in [1.807, 2.05) is 28.9 Å². The van der Waals surface area contributed by atoms with E-state index in [9.17, 15) is 0 Å². The number of rotatable bonds is 6. The Morgan fingerprint density at radius 2 is 2.12 bits per heavy atom. The number of nitrogens with two attached hydrogens (primary N) is 1. The van der Waals surface area contributed by atoms with Crippen LogP contribution in [-0.4, -0.2) is 23.0 Å². The van der Waals surface area contributed by atoms with Gasteiger partial charge in [0, 0.05) is 12.0 Å². The Morgan fingerprint density at radius 3 is 2.94 bits per heavy atom. The van der Waals surface area contributed by atoms with Crippen LogP contribution in [0.5, 0.6) is 0 Å². The zero-order chi connectivity index (χ0) is 12.1. The van der Waals surface area contributed by atoms with Gasteiger partial charge in [-0.3, -0.25) is 4.68 Å². The summed E-state index contributed by atoms with van der Waals surface area (Å²) in [6, 6.07) is 8.00. The first-order chi connectivity index (χ1) is 8.33. The van der Waals surface area contributed by atoms with Crippen molar-refractivity contribution in [3.8, 4) is 0 Å². The lowest BCUT2D eigenvalue weighted by Crippen LogP contribution is -2.08. The van der Waals surface area contributed by atoms with E-state index in [0.717, 1.165) is 36.9 Å². The van der Waals surface area contributed by atoms with Gasteiger partial charge in [-0.05, 0) is 18.6 Å². The molecule has 0 radical (unpaired) electrons. The lowest BCUT2D eigenvalue weighted by Gasteiger charge is -2.04. The molecule has 0 unspecified atom stereocenters. The third-order valence-corrected chi connectivity index (χ3v) is 2.78. The van der Waals surface area contributed by atoms with Crippen LogP contribution in [0, 0.1) is 0 Å². The van der Waals surface area contributed by atoms with E-state index < -0.39 is 0 Å². The van der Waals surface area contributed by atoms with Crippen molar-refractivity contribution in [1.82, 2.24) is 9.78 Å². The standard InChI is InChI=1S/C13H19N3O/c1-2-3-9-17-10-8-16-12-7-5-4-6-11(12)13(14)15-16/h4-7H,2-3,8-10H2,1H3,(H2,14,15). The summed E-state index contributed by atoms with van der Waals surface area (Å²) in [5.74, 6) is 0.592. The van der Waals surface area contributed by atoms with Crippen LogP contribution < -0.4 is 5.73 Å². The van der Waals surface area contributed by atoms with Crippen molar-refractivity contribution in [3.05, 3.63) is 24.3 Å². The fourth-order valence-corrected chi connectivity index (χ4v) is 1.82. The van der Waals surface area contributed by atoms with E-state index in [2.05, 4.69) is 12.0 Å². The number of hydrogen-bond acceptors (Lipinski definition) is 3. The molecule has 2 rings (SSSR count). The third-order valence-electron chi connectivity index (χ3n) is 2.78. The molecule has 0 fully saturated rings. The average Bonchev–Trinajstić information content (AvgIpc) is 2.67. The molecule has 1 aromatic heterocycles. The van der Waals surface area contributed by atoms with Crippen LogP contribution in [0.3, 0.4) is 0 Å². The summed E-state index contributed by atoms with van der Waals surface area (Å²) < 4.78 is 7.45. The second-order valence-electron chi connectivity index (χ2n) is 4.09. The summed E-state index contributed by atoms with van der Waals surface area (Å²) in [4.78, 5) is 0. The maximum absolute atomic E-state index is 5.86. The molecule has 1 heterocycles. The van der Waals surface area contributed by atoms with E-state index in [-0.39, 0.29) is 0 Å². The zero-order valence-electron chi connectivity index (χ0n) is 10.2. The van der Waals surface area contributed by atoms with Crippen LogP contribution in [0.4, 0.5) is 5.82 Å². The Morgan fingerprint density at radius 1 is 1.29 bits per heavy atom. The lowest BCUT2D eigenvalue weighted by molar-refractivity contribution is 0.122. The van der Waals surface area contributed by atoms with Crippen LogP contribution in [-0.2, 0) is 11.3 Å². The van der Waals surface area contributed by atoms with Gasteiger partial charge in [-0.25, -0.2) is 0 Å². The highest BCUT2D eigenvalue weighted by atomic mass is 16.5. The Labute approximate surface area is 101 Å². The summed E-state index contributed by atoms with van der Waals surface area (Å²) >= 11 is 0. The molecule has 2 aromatic rings. The van der Waals surface area contributed by atoms with Gasteiger partial charge in [0.2, 0.25) is 0 Å². The van der Waals surface area contributed by atoms with Crippen molar-refractivity contribution >= 4 is 16.7 Å². The second-order valence-corrected chi connectivity index (χ2v) is 4.09. The van der Waals surface area contributed by atoms with Gasteiger partial charge in [0.25, 0.3) is 0 Å². The number of benzene rings is 1. The van der Waals surface area contributed by atoms with E-state index in [0.29, 0.717) is 12.4 Å². The van der Waals surface area contributed by atoms with Gasteiger partial charge in [0.1, 0.15) is 0 Å². The normalized spacial score (nSPS) is 11.1. The highest BCUT2D eigenvalue weighted by Gasteiger charge is 2.06. The molecule has 92 valence electrons. The molecule has 0 amide bonds. The van der Waals surface area contributed by atoms with Gasteiger partial charge in [0.15, 0.2) is 5.82 Å². The second kappa shape index (κ2) is 5.68. The van der Waals surface area contributed by atoms with Gasteiger partial charge < -0.3 is 10.5 Å².